The molecule has 6 nitrogen and oxygen atoms in total. The van der Waals surface area contributed by atoms with Crippen LogP contribution in [-0.4, -0.2) is 29.6 Å². The monoisotopic (exact) mass is 224 g/mol. The van der Waals surface area contributed by atoms with Gasteiger partial charge >= 0.3 is 5.97 Å². The van der Waals surface area contributed by atoms with E-state index in [0.29, 0.717) is 17.9 Å². The molecule has 6 heteroatoms. The molecule has 1 aromatic heterocycles. The van der Waals surface area contributed by atoms with Crippen molar-refractivity contribution in [2.75, 3.05) is 16.8 Å². The summed E-state index contributed by atoms with van der Waals surface area (Å²) in [5.74, 6) is -1.44. The lowest BCUT2D eigenvalue weighted by molar-refractivity contribution is -0.116. The number of nitrogens with one attached hydrogen (secondary N) is 1. The van der Waals surface area contributed by atoms with Gasteiger partial charge in [0.05, 0.1) is 0 Å². The van der Waals surface area contributed by atoms with Crippen LogP contribution >= 0.6 is 0 Å². The Morgan fingerprint density at radius 2 is 2.31 bits per heavy atom. The van der Waals surface area contributed by atoms with Crippen LogP contribution in [0.15, 0.2) is 10.7 Å². The molecule has 2 rings (SSSR count). The third kappa shape index (κ3) is 1.52. The summed E-state index contributed by atoms with van der Waals surface area (Å²) in [5, 5.41) is 11.9. The van der Waals surface area contributed by atoms with E-state index in [2.05, 4.69) is 5.32 Å². The van der Waals surface area contributed by atoms with E-state index in [-0.39, 0.29) is 17.7 Å². The smallest absolute Gasteiger partial charge is 0.374 e. The topological polar surface area (TPSA) is 82.8 Å². The first-order chi connectivity index (χ1) is 7.50. The van der Waals surface area contributed by atoms with E-state index >= 15 is 0 Å². The molecule has 0 radical (unpaired) electrons. The maximum absolute atomic E-state index is 11.4. The van der Waals surface area contributed by atoms with Crippen LogP contribution in [0.5, 0.6) is 0 Å². The number of fused-ring (bicyclic) bond motifs is 1. The van der Waals surface area contributed by atoms with E-state index in [9.17, 15) is 9.59 Å². The van der Waals surface area contributed by atoms with E-state index in [4.69, 9.17) is 9.52 Å². The third-order valence-corrected chi connectivity index (χ3v) is 2.48. The Morgan fingerprint density at radius 3 is 2.88 bits per heavy atom. The minimum atomic E-state index is -1.15. The number of amides is 1. The lowest BCUT2D eigenvalue weighted by atomic mass is 10.1. The zero-order valence-corrected chi connectivity index (χ0v) is 8.98. The van der Waals surface area contributed by atoms with Crippen LogP contribution in [0.25, 0.3) is 0 Å². The fourth-order valence-electron chi connectivity index (χ4n) is 1.81. The van der Waals surface area contributed by atoms with Gasteiger partial charge in [0.1, 0.15) is 17.6 Å². The number of carbonyl (C=O) groups is 2. The first kappa shape index (κ1) is 10.5. The quantitative estimate of drug-likeness (QED) is 0.747. The van der Waals surface area contributed by atoms with Gasteiger partial charge in [0, 0.05) is 19.5 Å². The summed E-state index contributed by atoms with van der Waals surface area (Å²) in [6.07, 6.45) is 1.29. The fraction of sp³-hybridized carbons (Fsp3) is 0.400. The fourth-order valence-corrected chi connectivity index (χ4v) is 1.81. The summed E-state index contributed by atoms with van der Waals surface area (Å²) in [6, 6.07) is -0.00731. The van der Waals surface area contributed by atoms with E-state index in [0.717, 1.165) is 0 Å². The van der Waals surface area contributed by atoms with Gasteiger partial charge < -0.3 is 19.7 Å². The van der Waals surface area contributed by atoms with Crippen LogP contribution in [0, 0.1) is 0 Å². The van der Waals surface area contributed by atoms with Crippen molar-refractivity contribution in [2.24, 2.45) is 0 Å². The van der Waals surface area contributed by atoms with Gasteiger partial charge in [-0.1, -0.05) is 0 Å². The number of hydrogen-bond acceptors (Lipinski definition) is 4. The van der Waals surface area contributed by atoms with Crippen molar-refractivity contribution in [3.8, 4) is 0 Å². The number of hydrogen-bond donors (Lipinski definition) is 2. The molecule has 0 saturated carbocycles. The van der Waals surface area contributed by atoms with Gasteiger partial charge in [0.15, 0.2) is 0 Å². The van der Waals surface area contributed by atoms with Gasteiger partial charge in [0.25, 0.3) is 0 Å². The Morgan fingerprint density at radius 1 is 1.62 bits per heavy atom. The molecule has 0 fully saturated rings. The summed E-state index contributed by atoms with van der Waals surface area (Å²) >= 11 is 0. The molecule has 0 aliphatic carbocycles. The highest BCUT2D eigenvalue weighted by molar-refractivity contribution is 6.02. The molecule has 0 bridgehead atoms. The van der Waals surface area contributed by atoms with Gasteiger partial charge in [-0.3, -0.25) is 4.79 Å². The molecule has 1 aromatic rings. The molecule has 2 heterocycles. The van der Waals surface area contributed by atoms with Crippen LogP contribution in [0.3, 0.4) is 0 Å². The number of nitrogens with zero attached hydrogens (tertiary/aromatic N) is 1. The molecule has 1 amide bonds. The molecule has 0 saturated heterocycles. The standard InChI is InChI=1S/C10H12N2O4/c1-5-3-12(6(2)13)7-4-16-9(10(14)15)8(7)11-5/h4-5,11H,3H2,1-2H3,(H,14,15). The second kappa shape index (κ2) is 3.55. The molecule has 0 spiro atoms. The summed E-state index contributed by atoms with van der Waals surface area (Å²) in [6.45, 7) is 3.81. The maximum atomic E-state index is 11.4. The Hall–Kier alpha value is -1.98. The predicted octanol–water partition coefficient (Wildman–Crippen LogP) is 1.14. The van der Waals surface area contributed by atoms with Crippen LogP contribution in [0.1, 0.15) is 24.4 Å². The highest BCUT2D eigenvalue weighted by atomic mass is 16.4. The van der Waals surface area contributed by atoms with Crippen LogP contribution in [-0.2, 0) is 4.79 Å². The first-order valence-corrected chi connectivity index (χ1v) is 4.90. The van der Waals surface area contributed by atoms with Crippen molar-refractivity contribution >= 4 is 23.3 Å². The molecule has 2 N–H and O–H groups in total. The lowest BCUT2D eigenvalue weighted by Crippen LogP contribution is -2.42. The predicted molar refractivity (Wildman–Crippen MR) is 56.8 cm³/mol. The molecular formula is C10H12N2O4. The molecule has 1 unspecified atom stereocenters. The van der Waals surface area contributed by atoms with Gasteiger partial charge in [-0.25, -0.2) is 4.79 Å². The molecule has 1 aliphatic rings. The van der Waals surface area contributed by atoms with E-state index in [1.165, 1.54) is 18.1 Å². The number of furan rings is 1. The van der Waals surface area contributed by atoms with Crippen LogP contribution in [0.2, 0.25) is 0 Å². The first-order valence-electron chi connectivity index (χ1n) is 4.90. The molecule has 1 aliphatic heterocycles. The van der Waals surface area contributed by atoms with E-state index in [1.54, 1.807) is 0 Å². The Kier molecular flexibility index (Phi) is 2.34. The largest absolute Gasteiger partial charge is 0.475 e. The lowest BCUT2D eigenvalue weighted by Gasteiger charge is -2.31. The van der Waals surface area contributed by atoms with Crippen molar-refractivity contribution in [1.29, 1.82) is 0 Å². The molecule has 1 atom stereocenters. The second-order valence-corrected chi connectivity index (χ2v) is 3.81. The van der Waals surface area contributed by atoms with Crippen molar-refractivity contribution in [2.45, 2.75) is 19.9 Å². The number of aromatic carboxylic acids is 1. The van der Waals surface area contributed by atoms with E-state index < -0.39 is 5.97 Å². The second-order valence-electron chi connectivity index (χ2n) is 3.81. The number of carboxylic acid groups (broad SMARTS) is 1. The highest BCUT2D eigenvalue weighted by Gasteiger charge is 2.30. The number of anilines is 2. The van der Waals surface area contributed by atoms with Gasteiger partial charge in [-0.05, 0) is 6.92 Å². The van der Waals surface area contributed by atoms with Crippen molar-refractivity contribution in [1.82, 2.24) is 0 Å². The van der Waals surface area contributed by atoms with Crippen molar-refractivity contribution in [3.05, 3.63) is 12.0 Å². The van der Waals surface area contributed by atoms with Crippen molar-refractivity contribution < 1.29 is 19.1 Å². The van der Waals surface area contributed by atoms with Crippen LogP contribution < -0.4 is 10.2 Å². The number of carbonyl (C=O) groups excluding carboxylic acids is 1. The number of carboxylic acids is 1. The normalized spacial score (nSPS) is 18.9. The van der Waals surface area contributed by atoms with Crippen LogP contribution in [0.4, 0.5) is 11.4 Å². The molecule has 86 valence electrons. The Balaban J connectivity index is 2.49. The SMILES string of the molecule is CC(=O)N1CC(C)Nc2c1coc2C(=O)O. The Bertz CT molecular complexity index is 452. The minimum absolute atomic E-state index is 0.00731. The van der Waals surface area contributed by atoms with Gasteiger partial charge in [-0.15, -0.1) is 0 Å². The maximum Gasteiger partial charge on any atom is 0.374 e. The molecule has 0 aromatic carbocycles. The summed E-state index contributed by atoms with van der Waals surface area (Å²) in [5.41, 5.74) is 0.865. The van der Waals surface area contributed by atoms with Crippen molar-refractivity contribution in [3.63, 3.8) is 0 Å². The average Bonchev–Trinajstić information content (AvgIpc) is 2.59. The zero-order valence-electron chi connectivity index (χ0n) is 8.98. The summed E-state index contributed by atoms with van der Waals surface area (Å²) < 4.78 is 4.95. The highest BCUT2D eigenvalue weighted by Crippen LogP contribution is 2.35. The van der Waals surface area contributed by atoms with Gasteiger partial charge in [-0.2, -0.15) is 0 Å². The third-order valence-electron chi connectivity index (χ3n) is 2.48. The summed E-state index contributed by atoms with van der Waals surface area (Å²) in [4.78, 5) is 23.8. The molecular weight excluding hydrogens is 212 g/mol. The minimum Gasteiger partial charge on any atom is -0.475 e. The molecule has 16 heavy (non-hydrogen) atoms. The van der Waals surface area contributed by atoms with Gasteiger partial charge in [0.2, 0.25) is 11.7 Å². The van der Waals surface area contributed by atoms with E-state index in [1.807, 2.05) is 6.92 Å². The number of rotatable bonds is 1. The zero-order chi connectivity index (χ0) is 11.9. The summed E-state index contributed by atoms with van der Waals surface area (Å²) in [7, 11) is 0. The average molecular weight is 224 g/mol. The Labute approximate surface area is 91.8 Å².